The first kappa shape index (κ1) is 13.7. The van der Waals surface area contributed by atoms with E-state index in [0.717, 1.165) is 16.0 Å². The van der Waals surface area contributed by atoms with Crippen molar-refractivity contribution in [1.82, 2.24) is 0 Å². The van der Waals surface area contributed by atoms with Gasteiger partial charge in [0.2, 0.25) is 0 Å². The van der Waals surface area contributed by atoms with Gasteiger partial charge in [0, 0.05) is 27.7 Å². The molecule has 4 N–H and O–H groups in total. The highest BCUT2D eigenvalue weighted by Gasteiger charge is 2.17. The van der Waals surface area contributed by atoms with Crippen molar-refractivity contribution >= 4 is 46.4 Å². The fourth-order valence-electron chi connectivity index (χ4n) is 1.78. The summed E-state index contributed by atoms with van der Waals surface area (Å²) < 4.78 is 0. The Bertz CT molecular complexity index is 506. The smallest absolute Gasteiger partial charge is 0.0414 e. The molecule has 1 aliphatic carbocycles. The molecule has 0 bridgehead atoms. The molecular weight excluding hydrogens is 252 g/mol. The fraction of sp³-hybridized carbons (Fsp3) is 0.154. The first-order valence-electron chi connectivity index (χ1n) is 5.17. The van der Waals surface area contributed by atoms with Gasteiger partial charge in [0.25, 0.3) is 0 Å². The number of hydrogen-bond donors (Lipinski definition) is 2. The molecule has 0 radical (unpaired) electrons. The third-order valence-electron chi connectivity index (χ3n) is 2.71. The maximum atomic E-state index is 5.96. The van der Waals surface area contributed by atoms with Crippen LogP contribution in [0.3, 0.4) is 0 Å². The first-order valence-corrected chi connectivity index (χ1v) is 5.58. The van der Waals surface area contributed by atoms with Crippen molar-refractivity contribution < 1.29 is 0 Å². The summed E-state index contributed by atoms with van der Waals surface area (Å²) in [6.45, 7) is 2.08. The van der Waals surface area contributed by atoms with Crippen molar-refractivity contribution in [3.05, 3.63) is 42.0 Å². The minimum absolute atomic E-state index is 0. The average Bonchev–Trinajstić information content (AvgIpc) is 2.23. The van der Waals surface area contributed by atoms with Crippen LogP contribution in [0, 0.1) is 5.92 Å². The summed E-state index contributed by atoms with van der Waals surface area (Å²) >= 11 is 5.42. The quantitative estimate of drug-likeness (QED) is 0.606. The third-order valence-corrected chi connectivity index (χ3v) is 3.30. The second-order valence-corrected chi connectivity index (χ2v) is 4.40. The Labute approximate surface area is 113 Å². The minimum atomic E-state index is 0. The number of thiocarbonyl (C=S) groups is 1. The Morgan fingerprint density at radius 3 is 2.59 bits per heavy atom. The molecule has 0 heterocycles. The second-order valence-electron chi connectivity index (χ2n) is 3.96. The highest BCUT2D eigenvalue weighted by Crippen LogP contribution is 2.29. The van der Waals surface area contributed by atoms with Gasteiger partial charge in [0.05, 0.1) is 0 Å². The molecule has 0 aromatic heterocycles. The van der Waals surface area contributed by atoms with Gasteiger partial charge in [-0.1, -0.05) is 43.4 Å². The summed E-state index contributed by atoms with van der Waals surface area (Å²) in [7, 11) is 0. The van der Waals surface area contributed by atoms with E-state index >= 15 is 0 Å². The zero-order valence-corrected chi connectivity index (χ0v) is 11.1. The molecule has 1 aliphatic rings. The summed E-state index contributed by atoms with van der Waals surface area (Å²) in [5.41, 5.74) is 15.0. The average molecular weight is 267 g/mol. The normalized spacial score (nSPS) is 18.5. The molecule has 0 amide bonds. The summed E-state index contributed by atoms with van der Waals surface area (Å²) in [4.78, 5) is 0.930. The van der Waals surface area contributed by atoms with E-state index in [2.05, 4.69) is 13.0 Å². The Morgan fingerprint density at radius 1 is 1.24 bits per heavy atom. The topological polar surface area (TPSA) is 52.0 Å². The van der Waals surface area contributed by atoms with Crippen LogP contribution in [0.5, 0.6) is 0 Å². The van der Waals surface area contributed by atoms with Crippen molar-refractivity contribution in [1.29, 1.82) is 0 Å². The largest absolute Gasteiger partial charge is 0.399 e. The molecule has 0 fully saturated rings. The molecule has 1 aromatic carbocycles. The second kappa shape index (κ2) is 5.34. The van der Waals surface area contributed by atoms with E-state index < -0.39 is 0 Å². The predicted octanol–water partition coefficient (Wildman–Crippen LogP) is 3.23. The van der Waals surface area contributed by atoms with Gasteiger partial charge in [0.1, 0.15) is 0 Å². The monoisotopic (exact) mass is 266 g/mol. The van der Waals surface area contributed by atoms with E-state index in [9.17, 15) is 0 Å². The van der Waals surface area contributed by atoms with Crippen LogP contribution in [0.15, 0.2) is 36.4 Å². The lowest BCUT2D eigenvalue weighted by molar-refractivity contribution is 1.02. The lowest BCUT2D eigenvalue weighted by atomic mass is 9.90. The van der Waals surface area contributed by atoms with Crippen LogP contribution in [0.2, 0.25) is 0 Å². The molecule has 0 aliphatic heterocycles. The molecule has 2 nitrogen and oxygen atoms in total. The van der Waals surface area contributed by atoms with Gasteiger partial charge in [0.15, 0.2) is 0 Å². The summed E-state index contributed by atoms with van der Waals surface area (Å²) in [5.74, 6) is 0.284. The molecule has 17 heavy (non-hydrogen) atoms. The van der Waals surface area contributed by atoms with Crippen molar-refractivity contribution in [3.63, 3.8) is 0 Å². The van der Waals surface area contributed by atoms with E-state index in [0.29, 0.717) is 11.4 Å². The lowest BCUT2D eigenvalue weighted by Gasteiger charge is -2.18. The zero-order chi connectivity index (χ0) is 11.7. The van der Waals surface area contributed by atoms with Crippen LogP contribution in [0.4, 0.5) is 11.4 Å². The van der Waals surface area contributed by atoms with Gasteiger partial charge in [-0.15, -0.1) is 12.4 Å². The van der Waals surface area contributed by atoms with Crippen LogP contribution in [0.25, 0.3) is 5.57 Å². The fourth-order valence-corrected chi connectivity index (χ4v) is 2.04. The number of benzene rings is 1. The molecule has 1 unspecified atom stereocenters. The standard InChI is InChI=1S/C13H14N2S.ClH/c1-8-3-2-4-11(13(8)16)10-6-5-9(14)7-12(10)15;/h2-8H,14-15H2,1H3;1H. The summed E-state index contributed by atoms with van der Waals surface area (Å²) in [5, 5.41) is 0. The van der Waals surface area contributed by atoms with Crippen LogP contribution in [0.1, 0.15) is 12.5 Å². The maximum Gasteiger partial charge on any atom is 0.0414 e. The van der Waals surface area contributed by atoms with Crippen LogP contribution in [-0.2, 0) is 0 Å². The molecule has 0 spiro atoms. The molecule has 1 aromatic rings. The highest BCUT2D eigenvalue weighted by atomic mass is 35.5. The van der Waals surface area contributed by atoms with Crippen molar-refractivity contribution in [2.45, 2.75) is 6.92 Å². The number of halogens is 1. The van der Waals surface area contributed by atoms with E-state index in [-0.39, 0.29) is 18.3 Å². The minimum Gasteiger partial charge on any atom is -0.399 e. The Hall–Kier alpha value is -1.32. The molecule has 0 saturated heterocycles. The molecule has 4 heteroatoms. The first-order chi connectivity index (χ1) is 7.59. The number of hydrogen-bond acceptors (Lipinski definition) is 3. The van der Waals surface area contributed by atoms with Crippen molar-refractivity contribution in [2.24, 2.45) is 5.92 Å². The Balaban J connectivity index is 0.00000144. The molecule has 90 valence electrons. The van der Waals surface area contributed by atoms with E-state index in [1.807, 2.05) is 24.3 Å². The molecule has 0 saturated carbocycles. The lowest BCUT2D eigenvalue weighted by Crippen LogP contribution is -2.12. The van der Waals surface area contributed by atoms with E-state index in [1.165, 1.54) is 0 Å². The number of allylic oxidation sites excluding steroid dienone is 4. The van der Waals surface area contributed by atoms with E-state index in [1.54, 1.807) is 6.07 Å². The number of nitrogens with two attached hydrogens (primary N) is 2. The zero-order valence-electron chi connectivity index (χ0n) is 9.51. The summed E-state index contributed by atoms with van der Waals surface area (Å²) in [6.07, 6.45) is 6.11. The van der Waals surface area contributed by atoms with Crippen molar-refractivity contribution in [2.75, 3.05) is 11.5 Å². The molecular formula is C13H15ClN2S. The van der Waals surface area contributed by atoms with Gasteiger partial charge in [-0.25, -0.2) is 0 Å². The summed E-state index contributed by atoms with van der Waals surface area (Å²) in [6, 6.07) is 5.54. The van der Waals surface area contributed by atoms with E-state index in [4.69, 9.17) is 23.7 Å². The van der Waals surface area contributed by atoms with Crippen LogP contribution < -0.4 is 11.5 Å². The van der Waals surface area contributed by atoms with Gasteiger partial charge >= 0.3 is 0 Å². The molecule has 2 rings (SSSR count). The third kappa shape index (κ3) is 2.68. The number of rotatable bonds is 1. The Kier molecular flexibility index (Phi) is 4.32. The van der Waals surface area contributed by atoms with Crippen molar-refractivity contribution in [3.8, 4) is 0 Å². The van der Waals surface area contributed by atoms with Crippen LogP contribution >= 0.6 is 24.6 Å². The van der Waals surface area contributed by atoms with Gasteiger partial charge in [-0.3, -0.25) is 0 Å². The number of anilines is 2. The van der Waals surface area contributed by atoms with Gasteiger partial charge in [-0.05, 0) is 17.7 Å². The SMILES string of the molecule is CC1C=CC=C(c2ccc(N)cc2N)C1=S.Cl. The number of nitrogen functional groups attached to an aromatic ring is 2. The molecule has 1 atom stereocenters. The maximum absolute atomic E-state index is 5.96. The highest BCUT2D eigenvalue weighted by molar-refractivity contribution is 7.81. The Morgan fingerprint density at radius 2 is 1.94 bits per heavy atom. The van der Waals surface area contributed by atoms with Crippen LogP contribution in [-0.4, -0.2) is 4.86 Å². The predicted molar refractivity (Wildman–Crippen MR) is 81.4 cm³/mol. The van der Waals surface area contributed by atoms with Gasteiger partial charge in [-0.2, -0.15) is 0 Å². The van der Waals surface area contributed by atoms with Gasteiger partial charge < -0.3 is 11.5 Å².